The van der Waals surface area contributed by atoms with Gasteiger partial charge in [-0.15, -0.1) is 11.3 Å². The Bertz CT molecular complexity index is 2610. The lowest BCUT2D eigenvalue weighted by atomic mass is 9.84. The number of ether oxygens (including phenoxy) is 2. The van der Waals surface area contributed by atoms with Crippen molar-refractivity contribution >= 4 is 100 Å². The number of carbonyl (C=O) groups excluding carboxylic acids is 4. The van der Waals surface area contributed by atoms with Crippen LogP contribution in [-0.4, -0.2) is 116 Å². The highest BCUT2D eigenvalue weighted by molar-refractivity contribution is 7.59. The summed E-state index contributed by atoms with van der Waals surface area (Å²) in [6, 6.07) is 11.6. The minimum Gasteiger partial charge on any atom is -0.464 e. The first-order valence-corrected chi connectivity index (χ1v) is 24.6. The van der Waals surface area contributed by atoms with E-state index in [0.717, 1.165) is 63.1 Å². The third-order valence-electron chi connectivity index (χ3n) is 13.4. The first-order chi connectivity index (χ1) is 32.2. The van der Waals surface area contributed by atoms with Crippen LogP contribution in [0.3, 0.4) is 0 Å². The summed E-state index contributed by atoms with van der Waals surface area (Å²) in [4.78, 5) is 75.0. The van der Waals surface area contributed by atoms with E-state index in [4.69, 9.17) is 19.4 Å². The SMILES string of the molecule is CCn1c(-c2cccnc2[C@H](C)OC)c2c3cc(ccc31)-c1csc(n1)C[C@H](NC(=O)[C@H](C(C)C)N(C)C(=O)N(CCc1ccncc1)C1CC1)C(=O)N1CCC[C@H](N1)C(=O)OCC(C)(C)C2.S.S.S.S. The fraction of sp³-hybridized carbons (Fsp3) is 0.510. The highest BCUT2D eigenvalue weighted by Crippen LogP contribution is 2.42. The fourth-order valence-electron chi connectivity index (χ4n) is 9.69. The maximum Gasteiger partial charge on any atom is 0.324 e. The Labute approximate surface area is 450 Å². The number of methoxy groups -OCH3 is 1. The van der Waals surface area contributed by atoms with Gasteiger partial charge in [0.25, 0.3) is 5.91 Å². The van der Waals surface area contributed by atoms with Crippen LogP contribution in [0.4, 0.5) is 4.79 Å². The van der Waals surface area contributed by atoms with Gasteiger partial charge >= 0.3 is 12.0 Å². The molecule has 4 amide bonds. The molecule has 4 aromatic heterocycles. The number of nitrogens with zero attached hydrogens (tertiary/aromatic N) is 7. The Kier molecular flexibility index (Phi) is 21.3. The van der Waals surface area contributed by atoms with E-state index >= 15 is 0 Å². The van der Waals surface area contributed by atoms with Crippen molar-refractivity contribution in [1.82, 2.24) is 45.1 Å². The maximum atomic E-state index is 14.7. The molecule has 0 radical (unpaired) electrons. The third kappa shape index (κ3) is 13.3. The molecule has 5 aromatic rings. The van der Waals surface area contributed by atoms with Crippen molar-refractivity contribution in [3.63, 3.8) is 0 Å². The highest BCUT2D eigenvalue weighted by Gasteiger charge is 2.41. The lowest BCUT2D eigenvalue weighted by Crippen LogP contribution is -2.62. The predicted molar refractivity (Wildman–Crippen MR) is 300 cm³/mol. The molecule has 3 aliphatic rings. The van der Waals surface area contributed by atoms with Gasteiger partial charge < -0.3 is 29.2 Å². The Morgan fingerprint density at radius 2 is 1.76 bits per heavy atom. The zero-order chi connectivity index (χ0) is 47.6. The van der Waals surface area contributed by atoms with E-state index in [-0.39, 0.29) is 91.1 Å². The van der Waals surface area contributed by atoms with Crippen LogP contribution in [0.25, 0.3) is 33.4 Å². The number of likely N-dealkylation sites (N-methyl/N-ethyl adjacent to an activating group) is 1. The Morgan fingerprint density at radius 3 is 2.44 bits per heavy atom. The summed E-state index contributed by atoms with van der Waals surface area (Å²) < 4.78 is 14.3. The molecule has 2 fully saturated rings. The second-order valence-electron chi connectivity index (χ2n) is 19.4. The van der Waals surface area contributed by atoms with E-state index in [2.05, 4.69) is 65.3 Å². The van der Waals surface area contributed by atoms with Crippen LogP contribution in [0.1, 0.15) is 95.2 Å². The van der Waals surface area contributed by atoms with Gasteiger partial charge in [-0.25, -0.2) is 15.2 Å². The molecule has 15 nitrogen and oxygen atoms in total. The number of aromatic nitrogens is 4. The Hall–Kier alpha value is -4.31. The number of thiazole rings is 1. The molecule has 0 spiro atoms. The minimum absolute atomic E-state index is 0. The number of nitrogens with one attached hydrogen (secondary N) is 2. The van der Waals surface area contributed by atoms with Crippen molar-refractivity contribution in [2.75, 3.05) is 33.9 Å². The Balaban J connectivity index is 0.00000274. The zero-order valence-corrected chi connectivity index (χ0v) is 46.9. The van der Waals surface area contributed by atoms with Gasteiger partial charge in [0.1, 0.15) is 18.1 Å². The number of rotatable bonds is 12. The number of hydrogen-bond acceptors (Lipinski definition) is 11. The summed E-state index contributed by atoms with van der Waals surface area (Å²) in [5.41, 5.74) is 10.5. The van der Waals surface area contributed by atoms with Crippen molar-refractivity contribution in [2.45, 2.75) is 123 Å². The molecule has 4 atom stereocenters. The smallest absolute Gasteiger partial charge is 0.324 e. The van der Waals surface area contributed by atoms with Gasteiger partial charge in [-0.3, -0.25) is 29.4 Å². The number of amides is 4. The van der Waals surface area contributed by atoms with E-state index in [1.165, 1.54) is 21.2 Å². The standard InChI is InChI=1S/C51H65N9O6S.4H2S/c1-9-58-42-17-14-34-26-37(42)38(46(58)36-12-10-21-53-44(36)32(4)65-8)28-51(5,6)30-66-49(63)39-13-11-24-60(56-39)48(62)40(27-43-54-41(34)29-67-43)55-47(61)45(31(2)3)57(7)50(64)59(35-15-16-35)25-20-33-18-22-52-23-19-33;;;;/h10,12,14,17-19,21-23,26,29,31-32,35,39-40,45,56H,9,11,13,15-16,20,24-25,27-28,30H2,1-8H3,(H,55,61);4*1H2/t32-,39-,40-,45-;;;;/m0..../s1. The molecule has 2 aliphatic heterocycles. The molecule has 1 saturated carbocycles. The van der Waals surface area contributed by atoms with Crippen molar-refractivity contribution < 1.29 is 28.7 Å². The number of hydrazine groups is 1. The predicted octanol–water partition coefficient (Wildman–Crippen LogP) is 7.83. The summed E-state index contributed by atoms with van der Waals surface area (Å²) in [7, 11) is 3.36. The molecule has 0 unspecified atom stereocenters. The highest BCUT2D eigenvalue weighted by atomic mass is 32.1. The molecule has 1 saturated heterocycles. The number of benzene rings is 1. The van der Waals surface area contributed by atoms with Crippen molar-refractivity contribution in [3.05, 3.63) is 88.3 Å². The van der Waals surface area contributed by atoms with Crippen molar-refractivity contribution in [2.24, 2.45) is 11.3 Å². The van der Waals surface area contributed by atoms with Crippen LogP contribution in [0.5, 0.6) is 0 Å². The number of pyridine rings is 2. The molecule has 8 rings (SSSR count). The quantitative estimate of drug-likeness (QED) is 0.118. The Morgan fingerprint density at radius 1 is 1.03 bits per heavy atom. The van der Waals surface area contributed by atoms with Crippen LogP contribution < -0.4 is 10.7 Å². The summed E-state index contributed by atoms with van der Waals surface area (Å²) >= 11 is 1.43. The van der Waals surface area contributed by atoms with E-state index < -0.39 is 41.3 Å². The monoisotopic (exact) mass is 1070 g/mol. The van der Waals surface area contributed by atoms with Crippen LogP contribution in [-0.2, 0) is 49.7 Å². The second-order valence-corrected chi connectivity index (χ2v) is 20.3. The van der Waals surface area contributed by atoms with E-state index in [1.54, 1.807) is 32.7 Å². The summed E-state index contributed by atoms with van der Waals surface area (Å²) in [5.74, 6) is -1.55. The molecule has 1 aromatic carbocycles. The summed E-state index contributed by atoms with van der Waals surface area (Å²) in [6.07, 6.45) is 9.27. The van der Waals surface area contributed by atoms with Crippen LogP contribution in [0.2, 0.25) is 0 Å². The second kappa shape index (κ2) is 25.6. The number of esters is 1. The van der Waals surface area contributed by atoms with Gasteiger partial charge in [0.05, 0.1) is 34.8 Å². The van der Waals surface area contributed by atoms with Gasteiger partial charge in [0, 0.05) is 97.7 Å². The van der Waals surface area contributed by atoms with Gasteiger partial charge in [-0.05, 0) is 106 Å². The largest absolute Gasteiger partial charge is 0.464 e. The molecule has 2 N–H and O–H groups in total. The first-order valence-electron chi connectivity index (χ1n) is 23.7. The normalized spacial score (nSPS) is 18.6. The van der Waals surface area contributed by atoms with Crippen LogP contribution in [0.15, 0.2) is 66.4 Å². The van der Waals surface area contributed by atoms with Gasteiger partial charge in [0.15, 0.2) is 0 Å². The van der Waals surface area contributed by atoms with Crippen molar-refractivity contribution in [3.8, 4) is 22.5 Å². The average Bonchev–Trinajstić information content (AvgIpc) is 3.98. The number of fused-ring (bicyclic) bond motifs is 6. The molecule has 388 valence electrons. The molecular formula is C51H73N9O6S5. The number of cyclic esters (lactones) is 1. The average molecular weight is 1070 g/mol. The maximum absolute atomic E-state index is 14.7. The lowest BCUT2D eigenvalue weighted by Gasteiger charge is -2.37. The molecule has 6 bridgehead atoms. The third-order valence-corrected chi connectivity index (χ3v) is 14.3. The fourth-order valence-corrected chi connectivity index (χ4v) is 10.5. The van der Waals surface area contributed by atoms with E-state index in [9.17, 15) is 19.2 Å². The number of urea groups is 1. The first kappa shape index (κ1) is 59.3. The van der Waals surface area contributed by atoms with E-state index in [1.807, 2.05) is 49.3 Å². The van der Waals surface area contributed by atoms with Gasteiger partial charge in [-0.1, -0.05) is 33.8 Å². The molecular weight excluding hydrogens is 995 g/mol. The molecule has 71 heavy (non-hydrogen) atoms. The minimum atomic E-state index is -1.05. The molecule has 6 heterocycles. The van der Waals surface area contributed by atoms with Crippen LogP contribution >= 0.6 is 65.3 Å². The lowest BCUT2D eigenvalue weighted by molar-refractivity contribution is -0.155. The van der Waals surface area contributed by atoms with Gasteiger partial charge in [-0.2, -0.15) is 54.0 Å². The summed E-state index contributed by atoms with van der Waals surface area (Å²) in [6.45, 7) is 13.9. The topological polar surface area (TPSA) is 164 Å². The van der Waals surface area contributed by atoms with Crippen molar-refractivity contribution in [1.29, 1.82) is 0 Å². The zero-order valence-electron chi connectivity index (χ0n) is 42.1. The number of hydrogen-bond donors (Lipinski definition) is 2. The van der Waals surface area contributed by atoms with Gasteiger partial charge in [0.2, 0.25) is 5.91 Å². The molecule has 20 heteroatoms. The number of aryl methyl sites for hydroxylation is 1. The van der Waals surface area contributed by atoms with Crippen LogP contribution in [0, 0.1) is 11.3 Å². The molecule has 1 aliphatic carbocycles. The summed E-state index contributed by atoms with van der Waals surface area (Å²) in [5, 5.41) is 8.25. The van der Waals surface area contributed by atoms with E-state index in [0.29, 0.717) is 50.3 Å². The number of carbonyl (C=O) groups is 4.